The third-order valence-electron chi connectivity index (χ3n) is 5.88. The summed E-state index contributed by atoms with van der Waals surface area (Å²) < 4.78 is 28.8. The Bertz CT molecular complexity index is 1540. The SMILES string of the molecule is O=S(=O)(NCC1=NN(c2ccc(Cl)cc2Cl)C(c2ccc(Cl)cc2)C1)c1ccc2ccccc2c1. The fourth-order valence-electron chi connectivity index (χ4n) is 4.11. The highest BCUT2D eigenvalue weighted by molar-refractivity contribution is 7.89. The molecule has 1 N–H and O–H groups in total. The Morgan fingerprint density at radius 2 is 1.57 bits per heavy atom. The lowest BCUT2D eigenvalue weighted by atomic mass is 10.0. The first kappa shape index (κ1) is 24.1. The number of hydrazone groups is 1. The molecule has 0 aliphatic carbocycles. The monoisotopic (exact) mass is 543 g/mol. The molecule has 0 amide bonds. The highest BCUT2D eigenvalue weighted by atomic mass is 35.5. The van der Waals surface area contributed by atoms with E-state index in [4.69, 9.17) is 39.9 Å². The molecule has 1 atom stereocenters. The number of nitrogens with one attached hydrogen (secondary N) is 1. The van der Waals surface area contributed by atoms with Crippen LogP contribution in [-0.4, -0.2) is 20.7 Å². The van der Waals surface area contributed by atoms with Crippen LogP contribution in [0.5, 0.6) is 0 Å². The minimum atomic E-state index is -3.73. The standard InChI is InChI=1S/C26H20Cl3N3O2S/c27-20-8-5-18(6-9-20)26-15-22(31-32(26)25-12-10-21(28)14-24(25)29)16-30-35(33,34)23-11-7-17-3-1-2-4-19(17)13-23/h1-14,26,30H,15-16H2. The van der Waals surface area contributed by atoms with Gasteiger partial charge < -0.3 is 0 Å². The van der Waals surface area contributed by atoms with Crippen molar-refractivity contribution in [1.29, 1.82) is 0 Å². The number of anilines is 1. The second-order valence-electron chi connectivity index (χ2n) is 8.21. The van der Waals surface area contributed by atoms with Gasteiger partial charge in [0.15, 0.2) is 0 Å². The smallest absolute Gasteiger partial charge is 0.240 e. The zero-order chi connectivity index (χ0) is 24.6. The van der Waals surface area contributed by atoms with Gasteiger partial charge in [-0.25, -0.2) is 13.1 Å². The predicted molar refractivity (Wildman–Crippen MR) is 144 cm³/mol. The zero-order valence-corrected chi connectivity index (χ0v) is 21.4. The molecule has 4 aromatic carbocycles. The zero-order valence-electron chi connectivity index (χ0n) is 18.3. The average molecular weight is 545 g/mol. The summed E-state index contributed by atoms with van der Waals surface area (Å²) >= 11 is 18.7. The molecule has 0 aromatic heterocycles. The molecule has 0 saturated carbocycles. The largest absolute Gasteiger partial charge is 0.256 e. The molecule has 5 rings (SSSR count). The van der Waals surface area contributed by atoms with Crippen LogP contribution in [0.15, 0.2) is 94.9 Å². The highest BCUT2D eigenvalue weighted by Crippen LogP contribution is 2.39. The van der Waals surface area contributed by atoms with Crippen molar-refractivity contribution in [3.63, 3.8) is 0 Å². The third-order valence-corrected chi connectivity index (χ3v) is 8.07. The summed E-state index contributed by atoms with van der Waals surface area (Å²) in [6, 6.07) is 25.3. The van der Waals surface area contributed by atoms with Crippen molar-refractivity contribution < 1.29 is 8.42 Å². The molecular weight excluding hydrogens is 525 g/mol. The number of rotatable bonds is 6. The second kappa shape index (κ2) is 9.80. The molecule has 9 heteroatoms. The Morgan fingerprint density at radius 1 is 0.857 bits per heavy atom. The van der Waals surface area contributed by atoms with Crippen LogP contribution in [0.25, 0.3) is 10.8 Å². The van der Waals surface area contributed by atoms with Crippen molar-refractivity contribution in [3.8, 4) is 0 Å². The van der Waals surface area contributed by atoms with Gasteiger partial charge in [-0.05, 0) is 58.8 Å². The van der Waals surface area contributed by atoms with Crippen LogP contribution in [0.3, 0.4) is 0 Å². The molecule has 0 fully saturated rings. The summed E-state index contributed by atoms with van der Waals surface area (Å²) in [5.74, 6) is 0. The van der Waals surface area contributed by atoms with Crippen molar-refractivity contribution in [2.24, 2.45) is 5.10 Å². The summed E-state index contributed by atoms with van der Waals surface area (Å²) in [6.07, 6.45) is 0.515. The van der Waals surface area contributed by atoms with Crippen molar-refractivity contribution in [1.82, 2.24) is 4.72 Å². The molecule has 0 radical (unpaired) electrons. The summed E-state index contributed by atoms with van der Waals surface area (Å²) in [7, 11) is -3.73. The highest BCUT2D eigenvalue weighted by Gasteiger charge is 2.31. The molecule has 1 unspecified atom stereocenters. The summed E-state index contributed by atoms with van der Waals surface area (Å²) in [6.45, 7) is 0.0704. The topological polar surface area (TPSA) is 61.8 Å². The quantitative estimate of drug-likeness (QED) is 0.282. The van der Waals surface area contributed by atoms with Gasteiger partial charge >= 0.3 is 0 Å². The molecule has 4 aromatic rings. The van der Waals surface area contributed by atoms with E-state index in [1.807, 2.05) is 53.5 Å². The maximum Gasteiger partial charge on any atom is 0.240 e. The van der Waals surface area contributed by atoms with Gasteiger partial charge in [0.25, 0.3) is 0 Å². The lowest BCUT2D eigenvalue weighted by Gasteiger charge is -2.25. The second-order valence-corrected chi connectivity index (χ2v) is 11.3. The van der Waals surface area contributed by atoms with Crippen LogP contribution in [0.2, 0.25) is 15.1 Å². The number of fused-ring (bicyclic) bond motifs is 1. The maximum atomic E-state index is 13.0. The third kappa shape index (κ3) is 5.17. The Morgan fingerprint density at radius 3 is 2.31 bits per heavy atom. The summed E-state index contributed by atoms with van der Waals surface area (Å²) in [5, 5.41) is 10.00. The van der Waals surface area contributed by atoms with Crippen LogP contribution in [0.1, 0.15) is 18.0 Å². The van der Waals surface area contributed by atoms with Gasteiger partial charge in [-0.1, -0.05) is 77.3 Å². The van der Waals surface area contributed by atoms with Gasteiger partial charge in [-0.15, -0.1) is 0 Å². The molecule has 5 nitrogen and oxygen atoms in total. The molecule has 1 heterocycles. The van der Waals surface area contributed by atoms with E-state index in [0.717, 1.165) is 16.3 Å². The Hall–Kier alpha value is -2.61. The number of hydrogen-bond acceptors (Lipinski definition) is 4. The van der Waals surface area contributed by atoms with E-state index in [1.54, 1.807) is 36.4 Å². The fourth-order valence-corrected chi connectivity index (χ4v) is 5.78. The van der Waals surface area contributed by atoms with E-state index >= 15 is 0 Å². The number of nitrogens with zero attached hydrogens (tertiary/aromatic N) is 2. The van der Waals surface area contributed by atoms with Gasteiger partial charge in [-0.2, -0.15) is 5.10 Å². The lowest BCUT2D eigenvalue weighted by molar-refractivity contribution is 0.586. The minimum absolute atomic E-state index is 0.0704. The van der Waals surface area contributed by atoms with Gasteiger partial charge in [0.2, 0.25) is 10.0 Å². The molecular formula is C26H20Cl3N3O2S. The molecule has 0 spiro atoms. The molecule has 35 heavy (non-hydrogen) atoms. The summed E-state index contributed by atoms with van der Waals surface area (Å²) in [5.41, 5.74) is 2.35. The fraction of sp³-hybridized carbons (Fsp3) is 0.115. The van der Waals surface area contributed by atoms with Gasteiger partial charge in [0.05, 0.1) is 33.9 Å². The van der Waals surface area contributed by atoms with E-state index < -0.39 is 10.0 Å². The first-order chi connectivity index (χ1) is 16.8. The van der Waals surface area contributed by atoms with Gasteiger partial charge in [0, 0.05) is 16.5 Å². The van der Waals surface area contributed by atoms with Crippen molar-refractivity contribution in [2.45, 2.75) is 17.4 Å². The van der Waals surface area contributed by atoms with Gasteiger partial charge in [0.1, 0.15) is 0 Å². The Kier molecular flexibility index (Phi) is 6.75. The first-order valence-electron chi connectivity index (χ1n) is 10.8. The Balaban J connectivity index is 1.41. The van der Waals surface area contributed by atoms with E-state index in [1.165, 1.54) is 0 Å². The molecule has 1 aliphatic heterocycles. The van der Waals surface area contributed by atoms with Crippen LogP contribution < -0.4 is 9.73 Å². The predicted octanol–water partition coefficient (Wildman–Crippen LogP) is 7.09. The maximum absolute atomic E-state index is 13.0. The van der Waals surface area contributed by atoms with Crippen LogP contribution >= 0.6 is 34.8 Å². The van der Waals surface area contributed by atoms with Crippen LogP contribution in [-0.2, 0) is 10.0 Å². The summed E-state index contributed by atoms with van der Waals surface area (Å²) in [4.78, 5) is 0.210. The van der Waals surface area contributed by atoms with Crippen LogP contribution in [0.4, 0.5) is 5.69 Å². The van der Waals surface area contributed by atoms with E-state index in [-0.39, 0.29) is 17.5 Å². The van der Waals surface area contributed by atoms with Crippen molar-refractivity contribution in [2.75, 3.05) is 11.6 Å². The van der Waals surface area contributed by atoms with E-state index in [9.17, 15) is 8.42 Å². The van der Waals surface area contributed by atoms with Crippen molar-refractivity contribution >= 4 is 67.0 Å². The first-order valence-corrected chi connectivity index (χ1v) is 13.5. The lowest BCUT2D eigenvalue weighted by Crippen LogP contribution is -2.29. The number of halogens is 3. The minimum Gasteiger partial charge on any atom is -0.256 e. The van der Waals surface area contributed by atoms with E-state index in [2.05, 4.69) is 4.72 Å². The molecule has 0 bridgehead atoms. The average Bonchev–Trinajstić information content (AvgIpc) is 3.27. The number of hydrogen-bond donors (Lipinski definition) is 1. The molecule has 178 valence electrons. The molecule has 0 saturated heterocycles. The van der Waals surface area contributed by atoms with Crippen LogP contribution in [0, 0.1) is 0 Å². The number of benzene rings is 4. The Labute approximate surface area is 219 Å². The molecule has 1 aliphatic rings. The number of sulfonamides is 1. The van der Waals surface area contributed by atoms with Crippen molar-refractivity contribution in [3.05, 3.63) is 106 Å². The van der Waals surface area contributed by atoms with E-state index in [0.29, 0.717) is 32.9 Å². The normalized spacial score (nSPS) is 16.0. The van der Waals surface area contributed by atoms with Gasteiger partial charge in [-0.3, -0.25) is 5.01 Å².